The van der Waals surface area contributed by atoms with E-state index in [9.17, 15) is 14.4 Å². The fourth-order valence-electron chi connectivity index (χ4n) is 3.22. The Morgan fingerprint density at radius 2 is 1.68 bits per heavy atom. The van der Waals surface area contributed by atoms with Crippen molar-refractivity contribution in [2.24, 2.45) is 7.05 Å². The van der Waals surface area contributed by atoms with Gasteiger partial charge in [0.1, 0.15) is 0 Å². The number of thioether (sulfide) groups is 1. The minimum Gasteiger partial charge on any atom is -0.272 e. The van der Waals surface area contributed by atoms with Crippen LogP contribution in [0.4, 0.5) is 0 Å². The zero-order valence-corrected chi connectivity index (χ0v) is 17.7. The van der Waals surface area contributed by atoms with E-state index < -0.39 is 5.91 Å². The average Bonchev–Trinajstić information content (AvgIpc) is 2.78. The molecule has 0 saturated carbocycles. The summed E-state index contributed by atoms with van der Waals surface area (Å²) in [7, 11) is 1.47. The Morgan fingerprint density at radius 3 is 2.45 bits per heavy atom. The van der Waals surface area contributed by atoms with Gasteiger partial charge in [-0.1, -0.05) is 48.2 Å². The summed E-state index contributed by atoms with van der Waals surface area (Å²) in [5.74, 6) is -0.920. The lowest BCUT2D eigenvalue weighted by Crippen LogP contribution is -2.43. The molecular weight excluding hydrogens is 414 g/mol. The van der Waals surface area contributed by atoms with Crippen LogP contribution in [0, 0.1) is 6.92 Å². The second-order valence-electron chi connectivity index (χ2n) is 6.91. The van der Waals surface area contributed by atoms with E-state index >= 15 is 0 Å². The Morgan fingerprint density at radius 1 is 1.00 bits per heavy atom. The van der Waals surface area contributed by atoms with Gasteiger partial charge in [0.05, 0.1) is 21.7 Å². The SMILES string of the molecule is Cc1cc(SCC(=O)NNC(=O)c2nn(C)c(=O)c3ccccc23)nc2ccccc12. The first-order chi connectivity index (χ1) is 14.9. The quantitative estimate of drug-likeness (QED) is 0.378. The largest absolute Gasteiger partial charge is 0.290 e. The number of aryl methyl sites for hydroxylation is 2. The maximum Gasteiger partial charge on any atom is 0.290 e. The average molecular weight is 433 g/mol. The first-order valence-electron chi connectivity index (χ1n) is 9.48. The molecule has 156 valence electrons. The van der Waals surface area contributed by atoms with Crippen molar-refractivity contribution < 1.29 is 9.59 Å². The molecule has 0 aliphatic rings. The van der Waals surface area contributed by atoms with Crippen molar-refractivity contribution in [2.45, 2.75) is 11.9 Å². The third-order valence-corrected chi connectivity index (χ3v) is 5.65. The van der Waals surface area contributed by atoms with Crippen LogP contribution < -0.4 is 16.4 Å². The maximum atomic E-state index is 12.6. The highest BCUT2D eigenvalue weighted by Crippen LogP contribution is 2.23. The van der Waals surface area contributed by atoms with Crippen molar-refractivity contribution in [1.82, 2.24) is 25.6 Å². The number of aromatic nitrogens is 3. The van der Waals surface area contributed by atoms with Gasteiger partial charge in [0.15, 0.2) is 5.69 Å². The number of para-hydroxylation sites is 1. The molecule has 2 heterocycles. The molecule has 0 radical (unpaired) electrons. The molecule has 0 aliphatic carbocycles. The lowest BCUT2D eigenvalue weighted by molar-refractivity contribution is -0.119. The van der Waals surface area contributed by atoms with E-state index in [4.69, 9.17) is 0 Å². The van der Waals surface area contributed by atoms with E-state index in [1.165, 1.54) is 18.8 Å². The van der Waals surface area contributed by atoms with E-state index in [1.54, 1.807) is 24.3 Å². The Balaban J connectivity index is 1.42. The number of fused-ring (bicyclic) bond motifs is 2. The van der Waals surface area contributed by atoms with Crippen molar-refractivity contribution in [3.05, 3.63) is 76.2 Å². The number of carbonyl (C=O) groups excluding carboxylic acids is 2. The smallest absolute Gasteiger partial charge is 0.272 e. The van der Waals surface area contributed by atoms with Gasteiger partial charge < -0.3 is 0 Å². The van der Waals surface area contributed by atoms with Crippen LogP contribution in [-0.2, 0) is 11.8 Å². The summed E-state index contributed by atoms with van der Waals surface area (Å²) in [5, 5.41) is 6.63. The van der Waals surface area contributed by atoms with Crippen LogP contribution in [0.1, 0.15) is 16.1 Å². The number of hydrogen-bond donors (Lipinski definition) is 2. The van der Waals surface area contributed by atoms with Crippen LogP contribution >= 0.6 is 11.8 Å². The molecule has 4 aromatic rings. The third-order valence-electron chi connectivity index (χ3n) is 4.74. The topological polar surface area (TPSA) is 106 Å². The standard InChI is InChI=1S/C22H19N5O3S/c1-13-11-19(23-17-10-6-5-7-14(13)17)31-12-18(28)24-25-21(29)20-15-8-3-4-9-16(15)22(30)27(2)26-20/h3-11H,12H2,1-2H3,(H,24,28)(H,25,29). The second kappa shape index (κ2) is 8.57. The van der Waals surface area contributed by atoms with Crippen molar-refractivity contribution in [3.63, 3.8) is 0 Å². The second-order valence-corrected chi connectivity index (χ2v) is 7.90. The first kappa shape index (κ1) is 20.5. The molecule has 0 saturated heterocycles. The highest BCUT2D eigenvalue weighted by atomic mass is 32.2. The Bertz CT molecular complexity index is 1380. The number of carbonyl (C=O) groups is 2. The van der Waals surface area contributed by atoms with Gasteiger partial charge in [-0.2, -0.15) is 5.10 Å². The molecule has 8 nitrogen and oxygen atoms in total. The van der Waals surface area contributed by atoms with E-state index in [0.29, 0.717) is 10.8 Å². The Labute approximate surface area is 181 Å². The van der Waals surface area contributed by atoms with Crippen LogP contribution in [0.5, 0.6) is 0 Å². The van der Waals surface area contributed by atoms with Gasteiger partial charge in [0.2, 0.25) is 5.91 Å². The number of pyridine rings is 1. The number of benzene rings is 2. The van der Waals surface area contributed by atoms with E-state index in [-0.39, 0.29) is 22.9 Å². The monoisotopic (exact) mass is 433 g/mol. The highest BCUT2D eigenvalue weighted by Gasteiger charge is 2.16. The summed E-state index contributed by atoms with van der Waals surface area (Å²) in [4.78, 5) is 41.5. The van der Waals surface area contributed by atoms with E-state index in [2.05, 4.69) is 20.9 Å². The van der Waals surface area contributed by atoms with Crippen molar-refractivity contribution in [3.8, 4) is 0 Å². The number of rotatable bonds is 4. The number of amides is 2. The van der Waals surface area contributed by atoms with Crippen molar-refractivity contribution >= 4 is 45.3 Å². The molecule has 0 atom stereocenters. The summed E-state index contributed by atoms with van der Waals surface area (Å²) < 4.78 is 1.10. The molecule has 2 aromatic carbocycles. The Kier molecular flexibility index (Phi) is 5.68. The number of hydrazine groups is 1. The molecule has 0 spiro atoms. The fraction of sp³-hybridized carbons (Fsp3) is 0.136. The van der Waals surface area contributed by atoms with Gasteiger partial charge in [0, 0.05) is 17.8 Å². The summed E-state index contributed by atoms with van der Waals surface area (Å²) in [6.07, 6.45) is 0. The van der Waals surface area contributed by atoms with Crippen LogP contribution in [0.15, 0.2) is 64.4 Å². The predicted octanol–water partition coefficient (Wildman–Crippen LogP) is 2.34. The lowest BCUT2D eigenvalue weighted by atomic mass is 10.1. The molecule has 4 rings (SSSR count). The summed E-state index contributed by atoms with van der Waals surface area (Å²) in [5.41, 5.74) is 6.45. The van der Waals surface area contributed by atoms with Gasteiger partial charge >= 0.3 is 0 Å². The first-order valence-corrected chi connectivity index (χ1v) is 10.5. The molecule has 2 amide bonds. The molecular formula is C22H19N5O3S. The molecule has 0 aliphatic heterocycles. The maximum absolute atomic E-state index is 12.6. The minimum absolute atomic E-state index is 0.0532. The summed E-state index contributed by atoms with van der Waals surface area (Å²) in [6.45, 7) is 2.00. The molecule has 0 fully saturated rings. The molecule has 2 N–H and O–H groups in total. The third kappa shape index (κ3) is 4.26. The van der Waals surface area contributed by atoms with Gasteiger partial charge in [-0.15, -0.1) is 0 Å². The van der Waals surface area contributed by atoms with Gasteiger partial charge in [-0.3, -0.25) is 25.2 Å². The fourth-order valence-corrected chi connectivity index (χ4v) is 4.00. The number of nitrogens with one attached hydrogen (secondary N) is 2. The van der Waals surface area contributed by atoms with E-state index in [1.807, 2.05) is 37.3 Å². The minimum atomic E-state index is -0.607. The molecule has 31 heavy (non-hydrogen) atoms. The highest BCUT2D eigenvalue weighted by molar-refractivity contribution is 7.99. The zero-order valence-electron chi connectivity index (χ0n) is 16.9. The van der Waals surface area contributed by atoms with Gasteiger partial charge in [0.25, 0.3) is 11.5 Å². The van der Waals surface area contributed by atoms with Crippen molar-refractivity contribution in [2.75, 3.05) is 5.75 Å². The number of nitrogens with zero attached hydrogens (tertiary/aromatic N) is 3. The predicted molar refractivity (Wildman–Crippen MR) is 120 cm³/mol. The van der Waals surface area contributed by atoms with Gasteiger partial charge in [-0.05, 0) is 30.7 Å². The summed E-state index contributed by atoms with van der Waals surface area (Å²) in [6, 6.07) is 16.4. The lowest BCUT2D eigenvalue weighted by Gasteiger charge is -2.10. The van der Waals surface area contributed by atoms with E-state index in [0.717, 1.165) is 26.2 Å². The van der Waals surface area contributed by atoms with Crippen LogP contribution in [0.3, 0.4) is 0 Å². The van der Waals surface area contributed by atoms with Crippen LogP contribution in [0.25, 0.3) is 21.7 Å². The molecule has 9 heteroatoms. The molecule has 2 aromatic heterocycles. The van der Waals surface area contributed by atoms with Crippen molar-refractivity contribution in [1.29, 1.82) is 0 Å². The zero-order chi connectivity index (χ0) is 22.0. The Hall–Kier alpha value is -3.72. The summed E-state index contributed by atoms with van der Waals surface area (Å²) >= 11 is 1.28. The van der Waals surface area contributed by atoms with Crippen LogP contribution in [0.2, 0.25) is 0 Å². The molecule has 0 unspecified atom stereocenters. The molecule has 0 bridgehead atoms. The number of hydrogen-bond acceptors (Lipinski definition) is 6. The van der Waals surface area contributed by atoms with Crippen LogP contribution in [-0.4, -0.2) is 32.3 Å². The normalized spacial score (nSPS) is 10.9. The van der Waals surface area contributed by atoms with Gasteiger partial charge in [-0.25, -0.2) is 9.67 Å².